The lowest BCUT2D eigenvalue weighted by Gasteiger charge is -2.09. The Kier molecular flexibility index (Phi) is 6.17. The fourth-order valence-electron chi connectivity index (χ4n) is 2.44. The van der Waals surface area contributed by atoms with E-state index in [9.17, 15) is 26.7 Å². The Morgan fingerprint density at radius 1 is 1.23 bits per heavy atom. The third kappa shape index (κ3) is 5.52. The van der Waals surface area contributed by atoms with E-state index in [0.29, 0.717) is 0 Å². The van der Waals surface area contributed by atoms with E-state index in [1.807, 2.05) is 0 Å². The number of nitrogens with one attached hydrogen (secondary N) is 2. The smallest absolute Gasteiger partial charge is 0.361 e. The molecule has 3 aromatic heterocycles. The van der Waals surface area contributed by atoms with E-state index in [0.717, 1.165) is 11.0 Å². The van der Waals surface area contributed by atoms with Gasteiger partial charge in [-0.2, -0.15) is 28.2 Å². The molecule has 0 radical (unpaired) electrons. The molecular weight excluding hydrogens is 427 g/mol. The summed E-state index contributed by atoms with van der Waals surface area (Å²) in [5, 5.41) is 16.1. The number of carbonyl (C=O) groups is 1. The van der Waals surface area contributed by atoms with Crippen molar-refractivity contribution in [2.75, 3.05) is 17.2 Å². The zero-order chi connectivity index (χ0) is 22.8. The number of nitrogens with zero attached hydrogens (tertiary/aromatic N) is 6. The molecule has 0 atom stereocenters. The number of carbonyl (C=O) groups excluding carboxylic acids is 1. The Morgan fingerprint density at radius 3 is 2.61 bits per heavy atom. The number of hydrogen-bond donors (Lipinski definition) is 2. The molecule has 1 amide bonds. The first-order valence-electron chi connectivity index (χ1n) is 8.91. The minimum atomic E-state index is -4.42. The molecule has 0 saturated heterocycles. The second-order valence-electron chi connectivity index (χ2n) is 6.64. The number of rotatable bonds is 7. The number of aromatic nitrogens is 6. The lowest BCUT2D eigenvalue weighted by atomic mass is 10.3. The van der Waals surface area contributed by atoms with Crippen molar-refractivity contribution in [2.45, 2.75) is 32.5 Å². The summed E-state index contributed by atoms with van der Waals surface area (Å²) in [5.41, 5.74) is -0.700. The Labute approximate surface area is 172 Å². The summed E-state index contributed by atoms with van der Waals surface area (Å²) >= 11 is 0. The van der Waals surface area contributed by atoms with Crippen molar-refractivity contribution >= 4 is 17.4 Å². The Bertz CT molecular complexity index is 1060. The van der Waals surface area contributed by atoms with Crippen molar-refractivity contribution in [3.63, 3.8) is 0 Å². The average molecular weight is 444 g/mol. The quantitative estimate of drug-likeness (QED) is 0.540. The van der Waals surface area contributed by atoms with E-state index >= 15 is 0 Å². The Hall–Kier alpha value is -3.58. The van der Waals surface area contributed by atoms with Crippen LogP contribution in [0.5, 0.6) is 0 Å². The zero-order valence-electron chi connectivity index (χ0n) is 16.2. The van der Waals surface area contributed by atoms with Crippen LogP contribution in [0.15, 0.2) is 30.7 Å². The Morgan fingerprint density at radius 2 is 1.97 bits per heavy atom. The molecule has 0 fully saturated rings. The second-order valence-corrected chi connectivity index (χ2v) is 6.64. The van der Waals surface area contributed by atoms with Crippen LogP contribution in [0, 0.1) is 0 Å². The van der Waals surface area contributed by atoms with Gasteiger partial charge in [-0.25, -0.2) is 13.8 Å². The van der Waals surface area contributed by atoms with Crippen LogP contribution in [0.3, 0.4) is 0 Å². The lowest BCUT2D eigenvalue weighted by molar-refractivity contribution is -0.115. The van der Waals surface area contributed by atoms with Gasteiger partial charge in [0.1, 0.15) is 12.4 Å². The van der Waals surface area contributed by atoms with Gasteiger partial charge in [-0.15, -0.1) is 5.10 Å². The molecule has 166 valence electrons. The summed E-state index contributed by atoms with van der Waals surface area (Å²) in [7, 11) is 0. The number of hydrogen-bond acceptors (Lipinski definition) is 6. The summed E-state index contributed by atoms with van der Waals surface area (Å²) in [4.78, 5) is 17.2. The molecule has 0 spiro atoms. The maximum atomic E-state index is 13.2. The highest BCUT2D eigenvalue weighted by molar-refractivity contribution is 6.02. The van der Waals surface area contributed by atoms with Gasteiger partial charge in [0, 0.05) is 24.5 Å². The number of amides is 1. The van der Waals surface area contributed by atoms with Gasteiger partial charge in [0.05, 0.1) is 17.6 Å². The van der Waals surface area contributed by atoms with Crippen molar-refractivity contribution in [1.82, 2.24) is 29.8 Å². The van der Waals surface area contributed by atoms with Crippen LogP contribution < -0.4 is 10.6 Å². The van der Waals surface area contributed by atoms with Crippen molar-refractivity contribution in [3.8, 4) is 5.69 Å². The second kappa shape index (κ2) is 8.65. The molecule has 3 heterocycles. The number of anilines is 2. The predicted octanol–water partition coefficient (Wildman–Crippen LogP) is 3.60. The topological polar surface area (TPSA) is 103 Å². The van der Waals surface area contributed by atoms with Gasteiger partial charge in [-0.05, 0) is 19.9 Å². The highest BCUT2D eigenvalue weighted by Crippen LogP contribution is 2.27. The number of alkyl halides is 5. The highest BCUT2D eigenvalue weighted by atomic mass is 19.4. The predicted molar refractivity (Wildman–Crippen MR) is 99.2 cm³/mol. The summed E-state index contributed by atoms with van der Waals surface area (Å²) in [6, 6.07) is 2.48. The standard InChI is InChI=1S/C17H17F5N8O/c1-9(2)29-7-12(14(28-29)15(18)19)26-16(31)11-6-25-30(27-11)10-3-4-23-13(5-10)24-8-17(20,21)22/h3-7,9,15H,8H2,1-2H3,(H,23,24)(H,26,31). The van der Waals surface area contributed by atoms with Crippen molar-refractivity contribution in [2.24, 2.45) is 0 Å². The summed E-state index contributed by atoms with van der Waals surface area (Å²) in [6.07, 6.45) is -3.70. The van der Waals surface area contributed by atoms with Gasteiger partial charge in [0.2, 0.25) is 0 Å². The van der Waals surface area contributed by atoms with E-state index < -0.39 is 30.7 Å². The fourth-order valence-corrected chi connectivity index (χ4v) is 2.44. The van der Waals surface area contributed by atoms with Crippen LogP contribution >= 0.6 is 0 Å². The largest absolute Gasteiger partial charge is 0.405 e. The first kappa shape index (κ1) is 22.1. The molecule has 0 aliphatic heterocycles. The molecule has 14 heteroatoms. The van der Waals surface area contributed by atoms with E-state index in [-0.39, 0.29) is 28.9 Å². The Balaban J connectivity index is 1.76. The van der Waals surface area contributed by atoms with Crippen LogP contribution in [-0.2, 0) is 0 Å². The molecule has 0 unspecified atom stereocenters. The van der Waals surface area contributed by atoms with Gasteiger partial charge in [0.15, 0.2) is 11.4 Å². The normalized spacial score (nSPS) is 11.9. The molecule has 9 nitrogen and oxygen atoms in total. The maximum Gasteiger partial charge on any atom is 0.405 e. The molecule has 3 rings (SSSR count). The van der Waals surface area contributed by atoms with E-state index in [2.05, 4.69) is 30.9 Å². The molecular formula is C17H17F5N8O. The SMILES string of the molecule is CC(C)n1cc(NC(=O)c2cnn(-c3ccnc(NCC(F)(F)F)c3)n2)c(C(F)F)n1. The fraction of sp³-hybridized carbons (Fsp3) is 0.353. The molecule has 0 aliphatic carbocycles. The lowest BCUT2D eigenvalue weighted by Crippen LogP contribution is -2.21. The van der Waals surface area contributed by atoms with E-state index in [1.54, 1.807) is 13.8 Å². The van der Waals surface area contributed by atoms with Gasteiger partial charge in [-0.3, -0.25) is 9.48 Å². The number of pyridine rings is 1. The first-order chi connectivity index (χ1) is 14.5. The summed E-state index contributed by atoms with van der Waals surface area (Å²) in [6.45, 7) is 2.21. The van der Waals surface area contributed by atoms with Crippen LogP contribution in [0.2, 0.25) is 0 Å². The van der Waals surface area contributed by atoms with Crippen LogP contribution in [0.25, 0.3) is 5.69 Å². The van der Waals surface area contributed by atoms with Crippen LogP contribution in [0.1, 0.15) is 42.5 Å². The molecule has 2 N–H and O–H groups in total. The molecule has 0 saturated carbocycles. The average Bonchev–Trinajstić information content (AvgIpc) is 3.34. The molecule has 0 aliphatic rings. The minimum Gasteiger partial charge on any atom is -0.361 e. The molecule has 0 aromatic carbocycles. The zero-order valence-corrected chi connectivity index (χ0v) is 16.2. The van der Waals surface area contributed by atoms with Crippen molar-refractivity contribution in [3.05, 3.63) is 42.1 Å². The van der Waals surface area contributed by atoms with Gasteiger partial charge >= 0.3 is 6.18 Å². The van der Waals surface area contributed by atoms with Crippen LogP contribution in [0.4, 0.5) is 33.5 Å². The third-order valence-corrected chi connectivity index (χ3v) is 3.91. The summed E-state index contributed by atoms with van der Waals surface area (Å²) in [5.74, 6) is -0.873. The maximum absolute atomic E-state index is 13.2. The van der Waals surface area contributed by atoms with E-state index in [1.165, 1.54) is 29.2 Å². The first-order valence-corrected chi connectivity index (χ1v) is 8.91. The van der Waals surface area contributed by atoms with Crippen molar-refractivity contribution in [1.29, 1.82) is 0 Å². The molecule has 31 heavy (non-hydrogen) atoms. The van der Waals surface area contributed by atoms with Crippen LogP contribution in [-0.4, -0.2) is 48.4 Å². The number of halogens is 5. The van der Waals surface area contributed by atoms with E-state index in [4.69, 9.17) is 0 Å². The molecule has 3 aromatic rings. The van der Waals surface area contributed by atoms with Gasteiger partial charge in [-0.1, -0.05) is 0 Å². The van der Waals surface area contributed by atoms with Crippen molar-refractivity contribution < 1.29 is 26.7 Å². The van der Waals surface area contributed by atoms with Gasteiger partial charge < -0.3 is 10.6 Å². The highest BCUT2D eigenvalue weighted by Gasteiger charge is 2.27. The minimum absolute atomic E-state index is 0.0687. The summed E-state index contributed by atoms with van der Waals surface area (Å²) < 4.78 is 64.8. The monoisotopic (exact) mass is 444 g/mol. The van der Waals surface area contributed by atoms with Gasteiger partial charge in [0.25, 0.3) is 12.3 Å². The molecule has 0 bridgehead atoms. The third-order valence-electron chi connectivity index (χ3n) is 3.91.